The minimum atomic E-state index is -3.89. The summed E-state index contributed by atoms with van der Waals surface area (Å²) in [6.07, 6.45) is -4.32. The van der Waals surface area contributed by atoms with Gasteiger partial charge in [0.2, 0.25) is 5.79 Å². The highest BCUT2D eigenvalue weighted by Crippen LogP contribution is 2.48. The van der Waals surface area contributed by atoms with Gasteiger partial charge in [-0.15, -0.1) is 0 Å². The van der Waals surface area contributed by atoms with E-state index in [1.54, 1.807) is 91.0 Å². The van der Waals surface area contributed by atoms with E-state index in [2.05, 4.69) is 4.98 Å². The lowest BCUT2D eigenvalue weighted by Crippen LogP contribution is -2.54. The Morgan fingerprint density at radius 3 is 1.92 bits per heavy atom. The second-order valence-electron chi connectivity index (χ2n) is 12.2. The van der Waals surface area contributed by atoms with E-state index in [4.69, 9.17) is 23.5 Å². The number of ether oxygens (including phenoxy) is 4. The minimum Gasteiger partial charge on any atom is -0.497 e. The first kappa shape index (κ1) is 36.6. The first-order valence-electron chi connectivity index (χ1n) is 16.2. The molecule has 1 aliphatic heterocycles. The number of benzene rings is 4. The molecule has 6 rings (SSSR count). The Hall–Kier alpha value is -5.14. The van der Waals surface area contributed by atoms with Crippen LogP contribution in [0.5, 0.6) is 11.5 Å². The van der Waals surface area contributed by atoms with Crippen LogP contribution in [0.2, 0.25) is 0 Å². The maximum Gasteiger partial charge on any atom is 0.330 e. The molecule has 13 nitrogen and oxygen atoms in total. The van der Waals surface area contributed by atoms with E-state index in [0.717, 1.165) is 4.57 Å². The molecule has 270 valence electrons. The summed E-state index contributed by atoms with van der Waals surface area (Å²) in [6.45, 7) is 1.47. The van der Waals surface area contributed by atoms with Gasteiger partial charge in [0.05, 0.1) is 20.6 Å². The number of H-pyrrole nitrogens is 1. The Morgan fingerprint density at radius 1 is 0.885 bits per heavy atom. The number of nitrogens with one attached hydrogen (secondary N) is 1. The molecule has 1 fully saturated rings. The lowest BCUT2D eigenvalue weighted by molar-refractivity contribution is -0.213. The van der Waals surface area contributed by atoms with Crippen LogP contribution in [0.3, 0.4) is 0 Å². The second kappa shape index (κ2) is 15.2. The molecule has 3 N–H and O–H groups in total. The van der Waals surface area contributed by atoms with E-state index in [1.807, 2.05) is 18.2 Å². The van der Waals surface area contributed by atoms with E-state index in [9.17, 15) is 28.9 Å². The number of ketones is 1. The molecule has 52 heavy (non-hydrogen) atoms. The Bertz CT molecular complexity index is 2110. The number of hydrogen-bond acceptors (Lipinski definition) is 10. The fraction of sp³-hybridized carbons (Fsp3) is 0.237. The van der Waals surface area contributed by atoms with Gasteiger partial charge in [0.15, 0.2) is 11.9 Å². The zero-order valence-corrected chi connectivity index (χ0v) is 29.4. The summed E-state index contributed by atoms with van der Waals surface area (Å²) in [6, 6.07) is 31.2. The number of methoxy groups -OCH3 is 2. The summed E-state index contributed by atoms with van der Waals surface area (Å²) in [5.41, 5.74) is -1.16. The van der Waals surface area contributed by atoms with Crippen molar-refractivity contribution >= 4 is 14.0 Å². The van der Waals surface area contributed by atoms with Crippen molar-refractivity contribution < 1.29 is 42.8 Å². The van der Waals surface area contributed by atoms with Gasteiger partial charge in [0.1, 0.15) is 29.4 Å². The van der Waals surface area contributed by atoms with Crippen molar-refractivity contribution in [3.8, 4) is 11.5 Å². The summed E-state index contributed by atoms with van der Waals surface area (Å²) in [5.74, 6) is -2.22. The molecule has 1 saturated heterocycles. The molecule has 2 heterocycles. The Balaban J connectivity index is 1.61. The third-order valence-electron chi connectivity index (χ3n) is 9.00. The zero-order chi connectivity index (χ0) is 37.0. The van der Waals surface area contributed by atoms with E-state index >= 15 is 0 Å². The van der Waals surface area contributed by atoms with E-state index in [0.29, 0.717) is 28.2 Å². The molecule has 14 heteroatoms. The largest absolute Gasteiger partial charge is 0.497 e. The number of aromatic amines is 1. The van der Waals surface area contributed by atoms with Crippen LogP contribution in [-0.4, -0.2) is 57.5 Å². The average molecular weight is 729 g/mol. The number of Topliss-reactive ketones (excluding diaryl/α,β-unsaturated/α-hetero) is 1. The topological polar surface area (TPSA) is 176 Å². The lowest BCUT2D eigenvalue weighted by atomic mass is 9.79. The monoisotopic (exact) mass is 728 g/mol. The summed E-state index contributed by atoms with van der Waals surface area (Å²) >= 11 is 0. The highest BCUT2D eigenvalue weighted by molar-refractivity contribution is 7.32. The maximum atomic E-state index is 14.8. The summed E-state index contributed by atoms with van der Waals surface area (Å²) in [4.78, 5) is 52.3. The molecule has 0 saturated carbocycles. The Kier molecular flexibility index (Phi) is 10.7. The number of carbonyl (C=O) groups excluding carboxylic acids is 1. The van der Waals surface area contributed by atoms with Crippen molar-refractivity contribution in [1.82, 2.24) is 9.55 Å². The lowest BCUT2D eigenvalue weighted by Gasteiger charge is -2.41. The molecular formula is C38H37N2O11P. The number of carbonyl (C=O) groups is 1. The van der Waals surface area contributed by atoms with Crippen molar-refractivity contribution in [2.45, 2.75) is 43.2 Å². The van der Waals surface area contributed by atoms with Crippen molar-refractivity contribution in [2.75, 3.05) is 14.2 Å². The normalized spacial score (nSPS) is 19.9. The first-order chi connectivity index (χ1) is 25.0. The SMILES string of the molecule is COc1ccc(C(OC(C(=O)c2ccccc2)[C@H]2O[C@@H](n3cc(C)c(=O)[nH]c3=O)C[C@]2(O)O[PH](=O)O)(c2ccccc2)c2ccc(OC)cc2)cc1. The van der Waals surface area contributed by atoms with Crippen LogP contribution in [0.1, 0.15) is 45.3 Å². The molecular weight excluding hydrogens is 691 g/mol. The van der Waals surface area contributed by atoms with Crippen molar-refractivity contribution in [1.29, 1.82) is 0 Å². The highest BCUT2D eigenvalue weighted by Gasteiger charge is 2.58. The molecule has 0 radical (unpaired) electrons. The van der Waals surface area contributed by atoms with Gasteiger partial charge in [-0.2, -0.15) is 0 Å². The molecule has 0 bridgehead atoms. The average Bonchev–Trinajstić information content (AvgIpc) is 3.49. The molecule has 5 aromatic rings. The van der Waals surface area contributed by atoms with Gasteiger partial charge in [0.25, 0.3) is 5.56 Å². The van der Waals surface area contributed by atoms with Crippen molar-refractivity contribution in [3.63, 3.8) is 0 Å². The quantitative estimate of drug-likeness (QED) is 0.0674. The Labute approximate surface area is 298 Å². The zero-order valence-electron chi connectivity index (χ0n) is 28.4. The van der Waals surface area contributed by atoms with Gasteiger partial charge in [-0.25, -0.2) is 4.79 Å². The summed E-state index contributed by atoms with van der Waals surface area (Å²) in [5, 5.41) is 12.1. The van der Waals surface area contributed by atoms with Gasteiger partial charge in [-0.05, 0) is 47.9 Å². The highest BCUT2D eigenvalue weighted by atomic mass is 31.1. The molecule has 5 atom stereocenters. The minimum absolute atomic E-state index is 0.155. The Morgan fingerprint density at radius 2 is 1.40 bits per heavy atom. The van der Waals surface area contributed by atoms with Crippen LogP contribution >= 0.6 is 8.25 Å². The number of rotatable bonds is 13. The molecule has 0 spiro atoms. The second-order valence-corrected chi connectivity index (χ2v) is 12.9. The smallest absolute Gasteiger partial charge is 0.330 e. The predicted molar refractivity (Wildman–Crippen MR) is 190 cm³/mol. The summed E-state index contributed by atoms with van der Waals surface area (Å²) < 4.78 is 43.0. The van der Waals surface area contributed by atoms with E-state index in [1.165, 1.54) is 27.3 Å². The molecule has 2 unspecified atom stereocenters. The number of aryl methyl sites for hydroxylation is 1. The molecule has 1 aliphatic rings. The number of nitrogens with zero attached hydrogens (tertiary/aromatic N) is 1. The van der Waals surface area contributed by atoms with Crippen LogP contribution in [0.4, 0.5) is 0 Å². The number of hydrogen-bond donors (Lipinski definition) is 3. The number of aliphatic hydroxyl groups is 1. The standard InChI is InChI=1S/C38H37N2O11P/c1-24-23-40(36(43)39-35(24)42)31-22-37(44,51-52(45)46)34(49-31)33(32(41)25-10-6-4-7-11-25)50-38(26-12-8-5-9-13-26,27-14-18-29(47-2)19-15-27)28-16-20-30(48-3)21-17-28/h4-21,23,31,33-34,44,52H,22H2,1-3H3,(H,45,46)(H,39,42,43)/t31-,33?,34-,37+/m1/s1. The van der Waals surface area contributed by atoms with Gasteiger partial charge in [-0.3, -0.25) is 28.2 Å². The molecule has 0 amide bonds. The van der Waals surface area contributed by atoms with E-state index in [-0.39, 0.29) is 11.1 Å². The molecule has 0 aliphatic carbocycles. The van der Waals surface area contributed by atoms with Crippen LogP contribution in [0.15, 0.2) is 125 Å². The van der Waals surface area contributed by atoms with Gasteiger partial charge in [0, 0.05) is 17.3 Å². The van der Waals surface area contributed by atoms with Crippen LogP contribution in [0.25, 0.3) is 0 Å². The fourth-order valence-electron chi connectivity index (χ4n) is 6.45. The van der Waals surface area contributed by atoms with Gasteiger partial charge >= 0.3 is 13.9 Å². The van der Waals surface area contributed by atoms with Gasteiger partial charge < -0.3 is 28.9 Å². The van der Waals surface area contributed by atoms with E-state index < -0.39 is 61.5 Å². The van der Waals surface area contributed by atoms with Crippen LogP contribution in [0, 0.1) is 6.92 Å². The van der Waals surface area contributed by atoms with Gasteiger partial charge in [-0.1, -0.05) is 84.9 Å². The molecule has 4 aromatic carbocycles. The third-order valence-corrected chi connectivity index (χ3v) is 9.53. The van der Waals surface area contributed by atoms with Crippen LogP contribution < -0.4 is 20.7 Å². The molecule has 1 aromatic heterocycles. The van der Waals surface area contributed by atoms with Crippen molar-refractivity contribution in [2.24, 2.45) is 0 Å². The predicted octanol–water partition coefficient (Wildman–Crippen LogP) is 4.50. The van der Waals surface area contributed by atoms with Crippen molar-refractivity contribution in [3.05, 3.63) is 164 Å². The summed E-state index contributed by atoms with van der Waals surface area (Å²) in [7, 11) is -0.828. The fourth-order valence-corrected chi connectivity index (χ4v) is 6.95. The number of aromatic nitrogens is 2. The third kappa shape index (κ3) is 7.15. The maximum absolute atomic E-state index is 14.8. The van der Waals surface area contributed by atoms with Crippen LogP contribution in [-0.2, 0) is 24.2 Å². The first-order valence-corrected chi connectivity index (χ1v) is 17.5.